The Hall–Kier alpha value is -2.20. The fraction of sp³-hybridized carbons (Fsp3) is 0.294. The number of aryl methyl sites for hydroxylation is 1. The van der Waals surface area contributed by atoms with Crippen molar-refractivity contribution < 1.29 is 4.92 Å². The highest BCUT2D eigenvalue weighted by molar-refractivity contribution is 5.33. The summed E-state index contributed by atoms with van der Waals surface area (Å²) in [6.45, 7) is 4.92. The van der Waals surface area contributed by atoms with Crippen LogP contribution < -0.4 is 5.32 Å². The summed E-state index contributed by atoms with van der Waals surface area (Å²) in [4.78, 5) is 10.3. The van der Waals surface area contributed by atoms with Gasteiger partial charge in [0.15, 0.2) is 0 Å². The maximum absolute atomic E-state index is 10.6. The van der Waals surface area contributed by atoms with Gasteiger partial charge in [-0.25, -0.2) is 0 Å². The lowest BCUT2D eigenvalue weighted by Crippen LogP contribution is -2.20. The molecule has 1 unspecified atom stereocenters. The third-order valence-corrected chi connectivity index (χ3v) is 3.59. The first-order chi connectivity index (χ1) is 10.1. The lowest BCUT2D eigenvalue weighted by atomic mass is 10.0. The zero-order valence-corrected chi connectivity index (χ0v) is 12.4. The standard InChI is InChI=1S/C17H20N2O2/c1-3-17(15-8-4-13(2)5-9-15)18-12-14-6-10-16(11-7-14)19(20)21/h4-11,17-18H,3,12H2,1-2H3. The van der Waals surface area contributed by atoms with Crippen LogP contribution in [0.5, 0.6) is 0 Å². The molecular formula is C17H20N2O2. The highest BCUT2D eigenvalue weighted by Gasteiger charge is 2.09. The van der Waals surface area contributed by atoms with E-state index in [0.717, 1.165) is 12.0 Å². The van der Waals surface area contributed by atoms with Crippen molar-refractivity contribution in [3.8, 4) is 0 Å². The number of nitrogens with zero attached hydrogens (tertiary/aromatic N) is 1. The molecule has 2 rings (SSSR count). The fourth-order valence-electron chi connectivity index (χ4n) is 2.27. The van der Waals surface area contributed by atoms with Gasteiger partial charge in [-0.15, -0.1) is 0 Å². The van der Waals surface area contributed by atoms with Crippen molar-refractivity contribution >= 4 is 5.69 Å². The number of hydrogen-bond donors (Lipinski definition) is 1. The van der Waals surface area contributed by atoms with E-state index in [1.54, 1.807) is 24.3 Å². The van der Waals surface area contributed by atoms with Crippen LogP contribution in [0.25, 0.3) is 0 Å². The van der Waals surface area contributed by atoms with Gasteiger partial charge < -0.3 is 5.32 Å². The van der Waals surface area contributed by atoms with Gasteiger partial charge in [0.1, 0.15) is 0 Å². The van der Waals surface area contributed by atoms with E-state index >= 15 is 0 Å². The van der Waals surface area contributed by atoms with Gasteiger partial charge in [0, 0.05) is 24.7 Å². The van der Waals surface area contributed by atoms with Crippen molar-refractivity contribution in [3.63, 3.8) is 0 Å². The zero-order chi connectivity index (χ0) is 15.2. The van der Waals surface area contributed by atoms with E-state index in [9.17, 15) is 10.1 Å². The van der Waals surface area contributed by atoms with Gasteiger partial charge in [-0.1, -0.05) is 48.9 Å². The van der Waals surface area contributed by atoms with Crippen LogP contribution in [0.1, 0.15) is 36.1 Å². The van der Waals surface area contributed by atoms with Crippen LogP contribution in [0, 0.1) is 17.0 Å². The molecule has 4 heteroatoms. The Morgan fingerprint density at radius 1 is 1.10 bits per heavy atom. The minimum absolute atomic E-state index is 0.129. The average Bonchev–Trinajstić information content (AvgIpc) is 2.50. The molecule has 0 spiro atoms. The summed E-state index contributed by atoms with van der Waals surface area (Å²) >= 11 is 0. The molecule has 0 fully saturated rings. The summed E-state index contributed by atoms with van der Waals surface area (Å²) in [7, 11) is 0. The summed E-state index contributed by atoms with van der Waals surface area (Å²) in [5, 5.41) is 14.1. The maximum atomic E-state index is 10.6. The SMILES string of the molecule is CCC(NCc1ccc([N+](=O)[O-])cc1)c1ccc(C)cc1. The van der Waals surface area contributed by atoms with Crippen molar-refractivity contribution in [1.82, 2.24) is 5.32 Å². The van der Waals surface area contributed by atoms with Crippen molar-refractivity contribution in [1.29, 1.82) is 0 Å². The lowest BCUT2D eigenvalue weighted by Gasteiger charge is -2.17. The summed E-state index contributed by atoms with van der Waals surface area (Å²) in [5.41, 5.74) is 3.70. The number of nitro benzene ring substituents is 1. The Bertz CT molecular complexity index is 591. The molecule has 21 heavy (non-hydrogen) atoms. The number of benzene rings is 2. The molecule has 2 aromatic rings. The topological polar surface area (TPSA) is 55.2 Å². The monoisotopic (exact) mass is 284 g/mol. The van der Waals surface area contributed by atoms with Gasteiger partial charge in [0.25, 0.3) is 5.69 Å². The van der Waals surface area contributed by atoms with Crippen LogP contribution in [-0.4, -0.2) is 4.92 Å². The third kappa shape index (κ3) is 4.13. The average molecular weight is 284 g/mol. The Labute approximate surface area is 125 Å². The van der Waals surface area contributed by atoms with Gasteiger partial charge in [-0.2, -0.15) is 0 Å². The molecule has 0 bridgehead atoms. The Morgan fingerprint density at radius 3 is 2.24 bits per heavy atom. The highest BCUT2D eigenvalue weighted by Crippen LogP contribution is 2.18. The molecule has 0 amide bonds. The van der Waals surface area contributed by atoms with Crippen molar-refractivity contribution in [2.45, 2.75) is 32.9 Å². The Kier molecular flexibility index (Phi) is 5.06. The summed E-state index contributed by atoms with van der Waals surface area (Å²) < 4.78 is 0. The molecule has 1 atom stereocenters. The van der Waals surface area contributed by atoms with E-state index in [2.05, 4.69) is 43.4 Å². The van der Waals surface area contributed by atoms with Gasteiger partial charge in [0.05, 0.1) is 4.92 Å². The molecule has 1 N–H and O–H groups in total. The number of nitrogens with one attached hydrogen (secondary N) is 1. The van der Waals surface area contributed by atoms with Gasteiger partial charge in [-0.3, -0.25) is 10.1 Å². The molecule has 0 aliphatic carbocycles. The second-order valence-corrected chi connectivity index (χ2v) is 5.18. The largest absolute Gasteiger partial charge is 0.306 e. The molecule has 0 aliphatic heterocycles. The van der Waals surface area contributed by atoms with Crippen LogP contribution in [-0.2, 0) is 6.54 Å². The fourth-order valence-corrected chi connectivity index (χ4v) is 2.27. The second-order valence-electron chi connectivity index (χ2n) is 5.18. The van der Waals surface area contributed by atoms with Crippen molar-refractivity contribution in [2.75, 3.05) is 0 Å². The molecule has 0 saturated carbocycles. The molecule has 4 nitrogen and oxygen atoms in total. The van der Waals surface area contributed by atoms with Crippen LogP contribution in [0.4, 0.5) is 5.69 Å². The minimum Gasteiger partial charge on any atom is -0.306 e. The van der Waals surface area contributed by atoms with Gasteiger partial charge in [-0.05, 0) is 24.5 Å². The molecule has 0 radical (unpaired) electrons. The number of hydrogen-bond acceptors (Lipinski definition) is 3. The van der Waals surface area contributed by atoms with Crippen molar-refractivity contribution in [3.05, 3.63) is 75.3 Å². The second kappa shape index (κ2) is 6.99. The van der Waals surface area contributed by atoms with E-state index < -0.39 is 0 Å². The highest BCUT2D eigenvalue weighted by atomic mass is 16.6. The van der Waals surface area contributed by atoms with Crippen LogP contribution >= 0.6 is 0 Å². The molecule has 110 valence electrons. The van der Waals surface area contributed by atoms with Crippen LogP contribution in [0.3, 0.4) is 0 Å². The molecule has 0 aliphatic rings. The number of non-ortho nitro benzene ring substituents is 1. The minimum atomic E-state index is -0.377. The summed E-state index contributed by atoms with van der Waals surface area (Å²) in [6.07, 6.45) is 0.996. The number of nitro groups is 1. The van der Waals surface area contributed by atoms with Crippen LogP contribution in [0.15, 0.2) is 48.5 Å². The zero-order valence-electron chi connectivity index (χ0n) is 12.4. The van der Waals surface area contributed by atoms with E-state index in [1.165, 1.54) is 11.1 Å². The van der Waals surface area contributed by atoms with Gasteiger partial charge >= 0.3 is 0 Å². The molecular weight excluding hydrogens is 264 g/mol. The maximum Gasteiger partial charge on any atom is 0.269 e. The molecule has 0 saturated heterocycles. The predicted molar refractivity (Wildman–Crippen MR) is 84.1 cm³/mol. The quantitative estimate of drug-likeness (QED) is 0.640. The molecule has 2 aromatic carbocycles. The predicted octanol–water partition coefficient (Wildman–Crippen LogP) is 4.14. The smallest absolute Gasteiger partial charge is 0.269 e. The van der Waals surface area contributed by atoms with E-state index in [0.29, 0.717) is 12.6 Å². The summed E-state index contributed by atoms with van der Waals surface area (Å²) in [6, 6.07) is 15.5. The normalized spacial score (nSPS) is 12.1. The Morgan fingerprint density at radius 2 is 1.71 bits per heavy atom. The number of rotatable bonds is 6. The summed E-state index contributed by atoms with van der Waals surface area (Å²) in [5.74, 6) is 0. The Balaban J connectivity index is 1.99. The first-order valence-electron chi connectivity index (χ1n) is 7.13. The van der Waals surface area contributed by atoms with Crippen molar-refractivity contribution in [2.24, 2.45) is 0 Å². The first-order valence-corrected chi connectivity index (χ1v) is 7.13. The first kappa shape index (κ1) is 15.2. The van der Waals surface area contributed by atoms with E-state index in [1.807, 2.05) is 0 Å². The molecule has 0 aromatic heterocycles. The third-order valence-electron chi connectivity index (χ3n) is 3.59. The lowest BCUT2D eigenvalue weighted by molar-refractivity contribution is -0.384. The van der Waals surface area contributed by atoms with E-state index in [4.69, 9.17) is 0 Å². The van der Waals surface area contributed by atoms with E-state index in [-0.39, 0.29) is 10.6 Å². The van der Waals surface area contributed by atoms with Crippen LogP contribution in [0.2, 0.25) is 0 Å². The van der Waals surface area contributed by atoms with Gasteiger partial charge in [0.2, 0.25) is 0 Å². The molecule has 0 heterocycles.